The summed E-state index contributed by atoms with van der Waals surface area (Å²) in [5, 5.41) is 5.07. The molecule has 1 heterocycles. The number of nitrogens with one attached hydrogen (secondary N) is 1. The van der Waals surface area contributed by atoms with E-state index in [4.69, 9.17) is 4.74 Å². The first-order valence-electron chi connectivity index (χ1n) is 7.33. The molecule has 0 bridgehead atoms. The van der Waals surface area contributed by atoms with Crippen molar-refractivity contribution in [2.45, 2.75) is 19.5 Å². The molecule has 0 fully saturated rings. The molecule has 23 heavy (non-hydrogen) atoms. The molecule has 0 aliphatic rings. The first-order valence-corrected chi connectivity index (χ1v) is 9.00. The molecule has 2 aromatic rings. The summed E-state index contributed by atoms with van der Waals surface area (Å²) in [6.07, 6.45) is 0. The molecule has 2 rings (SSSR count). The van der Waals surface area contributed by atoms with Crippen LogP contribution in [-0.4, -0.2) is 31.5 Å². The van der Waals surface area contributed by atoms with Gasteiger partial charge in [0.1, 0.15) is 5.75 Å². The molecular formula is C17H21BrN2O2S. The van der Waals surface area contributed by atoms with E-state index in [9.17, 15) is 4.79 Å². The fraction of sp³-hybridized carbons (Fsp3) is 0.353. The van der Waals surface area contributed by atoms with Crippen LogP contribution in [0.3, 0.4) is 0 Å². The van der Waals surface area contributed by atoms with Gasteiger partial charge in [-0.05, 0) is 42.0 Å². The maximum Gasteiger partial charge on any atom is 0.234 e. The monoisotopic (exact) mass is 396 g/mol. The number of amides is 1. The third kappa shape index (κ3) is 5.34. The molecule has 6 heteroatoms. The number of ether oxygens (including phenoxy) is 1. The second-order valence-corrected chi connectivity index (χ2v) is 7.35. The van der Waals surface area contributed by atoms with Crippen molar-refractivity contribution >= 4 is 33.2 Å². The van der Waals surface area contributed by atoms with Crippen molar-refractivity contribution in [2.24, 2.45) is 0 Å². The molecule has 1 aromatic heterocycles. The highest BCUT2D eigenvalue weighted by Crippen LogP contribution is 2.24. The predicted molar refractivity (Wildman–Crippen MR) is 97.9 cm³/mol. The van der Waals surface area contributed by atoms with E-state index in [2.05, 4.69) is 27.3 Å². The average molecular weight is 397 g/mol. The van der Waals surface area contributed by atoms with Crippen LogP contribution >= 0.6 is 27.3 Å². The molecule has 4 nitrogen and oxygen atoms in total. The van der Waals surface area contributed by atoms with Gasteiger partial charge in [0.2, 0.25) is 5.91 Å². The van der Waals surface area contributed by atoms with E-state index in [1.54, 1.807) is 18.4 Å². The number of carbonyl (C=O) groups excluding carboxylic acids is 1. The van der Waals surface area contributed by atoms with Gasteiger partial charge in [-0.2, -0.15) is 0 Å². The van der Waals surface area contributed by atoms with Crippen molar-refractivity contribution < 1.29 is 9.53 Å². The first-order chi connectivity index (χ1) is 11.0. The first kappa shape index (κ1) is 18.0. The van der Waals surface area contributed by atoms with Gasteiger partial charge in [0.05, 0.1) is 19.7 Å². The predicted octanol–water partition coefficient (Wildman–Crippen LogP) is 3.83. The van der Waals surface area contributed by atoms with Gasteiger partial charge in [0.25, 0.3) is 0 Å². The third-order valence-electron chi connectivity index (χ3n) is 3.44. The molecular weight excluding hydrogens is 376 g/mol. The summed E-state index contributed by atoms with van der Waals surface area (Å²) in [7, 11) is 3.58. The number of hydrogen-bond donors (Lipinski definition) is 1. The summed E-state index contributed by atoms with van der Waals surface area (Å²) in [6.45, 7) is 3.08. The molecule has 1 unspecified atom stereocenters. The molecule has 0 aliphatic heterocycles. The highest BCUT2D eigenvalue weighted by molar-refractivity contribution is 9.10. The van der Waals surface area contributed by atoms with E-state index in [1.165, 1.54) is 4.88 Å². The largest absolute Gasteiger partial charge is 0.496 e. The minimum absolute atomic E-state index is 0.00141. The van der Waals surface area contributed by atoms with Crippen molar-refractivity contribution in [3.05, 3.63) is 50.6 Å². The van der Waals surface area contributed by atoms with Gasteiger partial charge in [0.15, 0.2) is 0 Å². The zero-order valence-corrected chi connectivity index (χ0v) is 15.9. The van der Waals surface area contributed by atoms with Crippen molar-refractivity contribution in [1.29, 1.82) is 0 Å². The van der Waals surface area contributed by atoms with Crippen LogP contribution in [0.4, 0.5) is 0 Å². The zero-order chi connectivity index (χ0) is 16.8. The summed E-state index contributed by atoms with van der Waals surface area (Å²) in [5.74, 6) is 0.790. The average Bonchev–Trinajstić information content (AvgIpc) is 2.91. The maximum absolute atomic E-state index is 12.2. The molecule has 1 atom stereocenters. The number of likely N-dealkylation sites (N-methyl/N-ethyl adjacent to an activating group) is 1. The van der Waals surface area contributed by atoms with E-state index in [0.717, 1.165) is 22.3 Å². The minimum Gasteiger partial charge on any atom is -0.496 e. The number of rotatable bonds is 7. The number of para-hydroxylation sites is 1. The number of nitrogens with zero attached hydrogens (tertiary/aromatic N) is 1. The molecule has 124 valence electrons. The smallest absolute Gasteiger partial charge is 0.234 e. The van der Waals surface area contributed by atoms with Crippen molar-refractivity contribution in [3.63, 3.8) is 0 Å². The molecule has 0 saturated carbocycles. The number of halogens is 1. The Bertz CT molecular complexity index is 660. The molecule has 0 aliphatic carbocycles. The molecule has 0 saturated heterocycles. The number of thiophene rings is 1. The number of hydrogen-bond acceptors (Lipinski definition) is 4. The fourth-order valence-corrected chi connectivity index (χ4v) is 3.92. The Morgan fingerprint density at radius 3 is 2.83 bits per heavy atom. The zero-order valence-electron chi connectivity index (χ0n) is 13.5. The summed E-state index contributed by atoms with van der Waals surface area (Å²) < 4.78 is 6.43. The van der Waals surface area contributed by atoms with E-state index in [1.807, 2.05) is 48.5 Å². The summed E-state index contributed by atoms with van der Waals surface area (Å²) in [4.78, 5) is 15.5. The second-order valence-electron chi connectivity index (χ2n) is 5.43. The van der Waals surface area contributed by atoms with E-state index in [-0.39, 0.29) is 11.9 Å². The van der Waals surface area contributed by atoms with Crippen LogP contribution < -0.4 is 10.1 Å². The van der Waals surface area contributed by atoms with Crippen molar-refractivity contribution in [3.8, 4) is 5.75 Å². The van der Waals surface area contributed by atoms with Crippen LogP contribution in [0.5, 0.6) is 5.75 Å². The summed E-state index contributed by atoms with van der Waals surface area (Å²) in [5.41, 5.74) is 0.980. The Labute approximate surface area is 149 Å². The molecule has 0 spiro atoms. The van der Waals surface area contributed by atoms with Gasteiger partial charge in [0, 0.05) is 26.8 Å². The normalized spacial score (nSPS) is 12.2. The van der Waals surface area contributed by atoms with Crippen LogP contribution in [0.25, 0.3) is 0 Å². The lowest BCUT2D eigenvalue weighted by molar-refractivity contribution is -0.122. The van der Waals surface area contributed by atoms with Crippen molar-refractivity contribution in [1.82, 2.24) is 10.2 Å². The molecule has 0 radical (unpaired) electrons. The van der Waals surface area contributed by atoms with Crippen LogP contribution in [-0.2, 0) is 11.3 Å². The Balaban J connectivity index is 1.88. The van der Waals surface area contributed by atoms with Crippen LogP contribution in [0.1, 0.15) is 23.4 Å². The summed E-state index contributed by atoms with van der Waals surface area (Å²) >= 11 is 5.13. The number of carbonyl (C=O) groups is 1. The van der Waals surface area contributed by atoms with Gasteiger partial charge in [-0.1, -0.05) is 18.2 Å². The van der Waals surface area contributed by atoms with Crippen LogP contribution in [0.2, 0.25) is 0 Å². The SMILES string of the molecule is COc1ccccc1C(C)NC(=O)CN(C)Cc1cc(Br)cs1. The molecule has 1 N–H and O–H groups in total. The lowest BCUT2D eigenvalue weighted by Crippen LogP contribution is -2.36. The van der Waals surface area contributed by atoms with Gasteiger partial charge < -0.3 is 10.1 Å². The van der Waals surface area contributed by atoms with Gasteiger partial charge in [-0.15, -0.1) is 11.3 Å². The lowest BCUT2D eigenvalue weighted by atomic mass is 10.1. The highest BCUT2D eigenvalue weighted by Gasteiger charge is 2.15. The number of benzene rings is 1. The minimum atomic E-state index is -0.0945. The van der Waals surface area contributed by atoms with Crippen molar-refractivity contribution in [2.75, 3.05) is 20.7 Å². The lowest BCUT2D eigenvalue weighted by Gasteiger charge is -2.20. The standard InChI is InChI=1S/C17H21BrN2O2S/c1-12(15-6-4-5-7-16(15)22-3)19-17(21)10-20(2)9-14-8-13(18)11-23-14/h4-8,11-12H,9-10H2,1-3H3,(H,19,21). The van der Waals surface area contributed by atoms with E-state index in [0.29, 0.717) is 6.54 Å². The van der Waals surface area contributed by atoms with Gasteiger partial charge in [-0.3, -0.25) is 9.69 Å². The van der Waals surface area contributed by atoms with Crippen LogP contribution in [0, 0.1) is 0 Å². The Kier molecular flexibility index (Phi) is 6.62. The quantitative estimate of drug-likeness (QED) is 0.772. The van der Waals surface area contributed by atoms with Crippen LogP contribution in [0.15, 0.2) is 40.2 Å². The Hall–Kier alpha value is -1.37. The topological polar surface area (TPSA) is 41.6 Å². The molecule has 1 aromatic carbocycles. The maximum atomic E-state index is 12.2. The van der Waals surface area contributed by atoms with E-state index < -0.39 is 0 Å². The Morgan fingerprint density at radius 1 is 1.43 bits per heavy atom. The number of methoxy groups -OCH3 is 1. The van der Waals surface area contributed by atoms with E-state index >= 15 is 0 Å². The van der Waals surface area contributed by atoms with Gasteiger partial charge in [-0.25, -0.2) is 0 Å². The third-order valence-corrected chi connectivity index (χ3v) is 5.13. The Morgan fingerprint density at radius 2 is 2.17 bits per heavy atom. The highest BCUT2D eigenvalue weighted by atomic mass is 79.9. The summed E-state index contributed by atoms with van der Waals surface area (Å²) in [6, 6.07) is 9.72. The van der Waals surface area contributed by atoms with Gasteiger partial charge >= 0.3 is 0 Å². The fourth-order valence-electron chi connectivity index (χ4n) is 2.39. The molecule has 1 amide bonds. The second kappa shape index (κ2) is 8.47.